The van der Waals surface area contributed by atoms with E-state index in [0.717, 1.165) is 57.4 Å². The molecule has 0 N–H and O–H groups in total. The number of hydrogen-bond acceptors (Lipinski definition) is 5. The topological polar surface area (TPSA) is 95.5 Å². The van der Waals surface area contributed by atoms with E-state index in [1.807, 2.05) is 0 Å². The van der Waals surface area contributed by atoms with Gasteiger partial charge >= 0.3 is 11.4 Å². The van der Waals surface area contributed by atoms with Crippen LogP contribution in [0, 0.1) is 20.2 Å². The van der Waals surface area contributed by atoms with Gasteiger partial charge in [0.1, 0.15) is 0 Å². The summed E-state index contributed by atoms with van der Waals surface area (Å²) in [6, 6.07) is 4.00. The van der Waals surface area contributed by atoms with Gasteiger partial charge in [-0.3, -0.25) is 20.2 Å². The molecule has 24 heavy (non-hydrogen) atoms. The van der Waals surface area contributed by atoms with Crippen LogP contribution >= 0.6 is 0 Å². The molecular weight excluding hydrogens is 312 g/mol. The maximum atomic E-state index is 11.3. The molecule has 1 rings (SSSR count). The Bertz CT molecular complexity index is 538. The van der Waals surface area contributed by atoms with Gasteiger partial charge in [0.15, 0.2) is 0 Å². The third kappa shape index (κ3) is 6.14. The van der Waals surface area contributed by atoms with Crippen molar-refractivity contribution in [3.63, 3.8) is 0 Å². The van der Waals surface area contributed by atoms with Crippen LogP contribution in [0.1, 0.15) is 65.2 Å². The second kappa shape index (κ2) is 10.6. The van der Waals surface area contributed by atoms with E-state index in [2.05, 4.69) is 13.8 Å². The van der Waals surface area contributed by atoms with Crippen LogP contribution in [0.25, 0.3) is 0 Å². The van der Waals surface area contributed by atoms with Crippen molar-refractivity contribution in [2.24, 2.45) is 0 Å². The molecule has 0 radical (unpaired) electrons. The zero-order valence-corrected chi connectivity index (χ0v) is 14.4. The number of ether oxygens (including phenoxy) is 1. The number of para-hydroxylation sites is 1. The number of rotatable bonds is 12. The molecule has 0 unspecified atom stereocenters. The van der Waals surface area contributed by atoms with Crippen molar-refractivity contribution in [3.8, 4) is 5.75 Å². The minimum Gasteiger partial charge on any atom is -0.483 e. The molecule has 0 amide bonds. The number of nitro benzene ring substituents is 2. The molecule has 0 bridgehead atoms. The summed E-state index contributed by atoms with van der Waals surface area (Å²) < 4.78 is 5.84. The van der Waals surface area contributed by atoms with E-state index >= 15 is 0 Å². The van der Waals surface area contributed by atoms with Crippen LogP contribution in [0.2, 0.25) is 0 Å². The molecule has 1 aromatic carbocycles. The minimum atomic E-state index is -0.742. The van der Waals surface area contributed by atoms with E-state index in [4.69, 9.17) is 4.74 Å². The lowest BCUT2D eigenvalue weighted by atomic mass is 10.0. The fourth-order valence-corrected chi connectivity index (χ4v) is 2.62. The highest BCUT2D eigenvalue weighted by molar-refractivity contribution is 5.61. The van der Waals surface area contributed by atoms with Crippen molar-refractivity contribution in [2.45, 2.75) is 71.3 Å². The zero-order chi connectivity index (χ0) is 17.9. The number of nitro groups is 2. The Morgan fingerprint density at radius 2 is 1.54 bits per heavy atom. The maximum Gasteiger partial charge on any atom is 0.387 e. The van der Waals surface area contributed by atoms with Gasteiger partial charge in [0.25, 0.3) is 0 Å². The number of benzene rings is 1. The van der Waals surface area contributed by atoms with Crippen LogP contribution in [0.15, 0.2) is 18.2 Å². The first-order valence-electron chi connectivity index (χ1n) is 8.59. The summed E-state index contributed by atoms with van der Waals surface area (Å²) in [5.41, 5.74) is -1.09. The minimum absolute atomic E-state index is 0.00723. The standard InChI is InChI=1S/C17H26N2O5/c1-3-5-7-10-14(11-8-6-4-2)24-16-13-9-12-15(18(20)21)17(16)19(22)23/h9,12-14H,3-8,10-11H2,1-2H3. The average Bonchev–Trinajstić information content (AvgIpc) is 2.54. The highest BCUT2D eigenvalue weighted by Gasteiger charge is 2.30. The number of unbranched alkanes of at least 4 members (excludes halogenated alkanes) is 4. The molecule has 134 valence electrons. The van der Waals surface area contributed by atoms with Crippen molar-refractivity contribution in [2.75, 3.05) is 0 Å². The molecule has 0 heterocycles. The van der Waals surface area contributed by atoms with E-state index in [9.17, 15) is 20.2 Å². The first kappa shape index (κ1) is 19.9. The maximum absolute atomic E-state index is 11.3. The predicted molar refractivity (Wildman–Crippen MR) is 92.5 cm³/mol. The van der Waals surface area contributed by atoms with Gasteiger partial charge in [-0.15, -0.1) is 0 Å². The van der Waals surface area contributed by atoms with Gasteiger partial charge in [-0.1, -0.05) is 45.6 Å². The molecule has 0 aliphatic rings. The first-order chi connectivity index (χ1) is 11.5. The lowest BCUT2D eigenvalue weighted by Crippen LogP contribution is -2.17. The zero-order valence-electron chi connectivity index (χ0n) is 14.4. The SMILES string of the molecule is CCCCCC(CCCCC)Oc1cccc([N+](=O)[O-])c1[N+](=O)[O-]. The van der Waals surface area contributed by atoms with E-state index < -0.39 is 21.2 Å². The number of nitrogens with zero attached hydrogens (tertiary/aromatic N) is 2. The van der Waals surface area contributed by atoms with Gasteiger partial charge in [0.2, 0.25) is 5.75 Å². The Morgan fingerprint density at radius 1 is 0.958 bits per heavy atom. The van der Waals surface area contributed by atoms with Crippen LogP contribution in [0.4, 0.5) is 11.4 Å². The predicted octanol–water partition coefficient (Wildman–Crippen LogP) is 5.41. The molecule has 1 aromatic rings. The van der Waals surface area contributed by atoms with Gasteiger partial charge in [-0.25, -0.2) is 0 Å². The van der Waals surface area contributed by atoms with Crippen LogP contribution in [-0.4, -0.2) is 16.0 Å². The van der Waals surface area contributed by atoms with Gasteiger partial charge in [-0.05, 0) is 31.7 Å². The summed E-state index contributed by atoms with van der Waals surface area (Å²) in [6.07, 6.45) is 7.73. The molecular formula is C17H26N2O5. The molecule has 0 saturated carbocycles. The lowest BCUT2D eigenvalue weighted by molar-refractivity contribution is -0.423. The van der Waals surface area contributed by atoms with Crippen molar-refractivity contribution in [1.82, 2.24) is 0 Å². The molecule has 0 spiro atoms. The monoisotopic (exact) mass is 338 g/mol. The van der Waals surface area contributed by atoms with Gasteiger partial charge < -0.3 is 4.74 Å². The van der Waals surface area contributed by atoms with E-state index in [1.165, 1.54) is 12.1 Å². The van der Waals surface area contributed by atoms with Crippen LogP contribution < -0.4 is 4.74 Å². The number of hydrogen-bond donors (Lipinski definition) is 0. The van der Waals surface area contributed by atoms with Crippen molar-refractivity contribution >= 4 is 11.4 Å². The van der Waals surface area contributed by atoms with Crippen molar-refractivity contribution in [1.29, 1.82) is 0 Å². The normalized spacial score (nSPS) is 10.8. The van der Waals surface area contributed by atoms with Crippen LogP contribution in [0.3, 0.4) is 0 Å². The molecule has 7 heteroatoms. The fourth-order valence-electron chi connectivity index (χ4n) is 2.62. The van der Waals surface area contributed by atoms with Crippen LogP contribution in [0.5, 0.6) is 5.75 Å². The quantitative estimate of drug-likeness (QED) is 0.288. The smallest absolute Gasteiger partial charge is 0.387 e. The van der Waals surface area contributed by atoms with Crippen LogP contribution in [-0.2, 0) is 0 Å². The Labute approximate surface area is 142 Å². The molecule has 0 saturated heterocycles. The second-order valence-corrected chi connectivity index (χ2v) is 5.87. The summed E-state index contributed by atoms with van der Waals surface area (Å²) in [5.74, 6) is -0.00723. The fraction of sp³-hybridized carbons (Fsp3) is 0.647. The van der Waals surface area contributed by atoms with Gasteiger partial charge in [0, 0.05) is 6.07 Å². The largest absolute Gasteiger partial charge is 0.483 e. The summed E-state index contributed by atoms with van der Waals surface area (Å²) in [4.78, 5) is 20.8. The highest BCUT2D eigenvalue weighted by atomic mass is 16.6. The Morgan fingerprint density at radius 3 is 2.00 bits per heavy atom. The van der Waals surface area contributed by atoms with E-state index in [1.54, 1.807) is 0 Å². The van der Waals surface area contributed by atoms with Crippen molar-refractivity contribution < 1.29 is 14.6 Å². The Kier molecular flexibility index (Phi) is 8.75. The molecule has 0 aromatic heterocycles. The van der Waals surface area contributed by atoms with E-state index in [-0.39, 0.29) is 11.9 Å². The van der Waals surface area contributed by atoms with Gasteiger partial charge in [0.05, 0.1) is 16.0 Å². The highest BCUT2D eigenvalue weighted by Crippen LogP contribution is 2.37. The lowest BCUT2D eigenvalue weighted by Gasteiger charge is -2.19. The Hall–Kier alpha value is -2.18. The van der Waals surface area contributed by atoms with E-state index in [0.29, 0.717) is 0 Å². The molecule has 0 aliphatic heterocycles. The first-order valence-corrected chi connectivity index (χ1v) is 8.59. The summed E-state index contributed by atoms with van der Waals surface area (Å²) >= 11 is 0. The summed E-state index contributed by atoms with van der Waals surface area (Å²) in [5, 5.41) is 22.3. The molecule has 7 nitrogen and oxygen atoms in total. The van der Waals surface area contributed by atoms with Crippen molar-refractivity contribution in [3.05, 3.63) is 38.4 Å². The molecule has 0 fully saturated rings. The molecule has 0 aliphatic carbocycles. The third-order valence-corrected chi connectivity index (χ3v) is 3.91. The third-order valence-electron chi connectivity index (χ3n) is 3.91. The van der Waals surface area contributed by atoms with Gasteiger partial charge in [-0.2, -0.15) is 0 Å². The summed E-state index contributed by atoms with van der Waals surface area (Å²) in [6.45, 7) is 4.22. The average molecular weight is 338 g/mol. The molecule has 0 atom stereocenters. The second-order valence-electron chi connectivity index (χ2n) is 5.87. The summed E-state index contributed by atoms with van der Waals surface area (Å²) in [7, 11) is 0. The Balaban J connectivity index is 2.96.